The topological polar surface area (TPSA) is 38.9 Å². The predicted octanol–water partition coefficient (Wildman–Crippen LogP) is 6.94. The number of hydrogen-bond donors (Lipinski definition) is 0. The summed E-state index contributed by atoms with van der Waals surface area (Å²) in [6, 6.07) is 14.4. The molecule has 0 fully saturated rings. The van der Waals surface area contributed by atoms with E-state index in [1.54, 1.807) is 11.3 Å². The van der Waals surface area contributed by atoms with Gasteiger partial charge in [0.25, 0.3) is 0 Å². The standard InChI is InChI=1S/C23H21ClN2OS/c1-13-10-18(22-15(3)27-16(4)26-22)9-8-17(13)12-21-25-14(2)23(28-21)19-6-5-7-20(24)11-19/h5-11H,12H2,1-4H3. The van der Waals surface area contributed by atoms with Gasteiger partial charge in [-0.3, -0.25) is 0 Å². The van der Waals surface area contributed by atoms with Crippen molar-refractivity contribution in [3.8, 4) is 21.7 Å². The summed E-state index contributed by atoms with van der Waals surface area (Å²) in [5.74, 6) is 1.55. The average molecular weight is 409 g/mol. The monoisotopic (exact) mass is 408 g/mol. The molecule has 142 valence electrons. The lowest BCUT2D eigenvalue weighted by molar-refractivity contribution is 0.495. The molecule has 0 unspecified atom stereocenters. The van der Waals surface area contributed by atoms with Crippen molar-refractivity contribution >= 4 is 22.9 Å². The van der Waals surface area contributed by atoms with E-state index in [-0.39, 0.29) is 0 Å². The predicted molar refractivity (Wildman–Crippen MR) is 116 cm³/mol. The van der Waals surface area contributed by atoms with Crippen molar-refractivity contribution < 1.29 is 4.42 Å². The highest BCUT2D eigenvalue weighted by molar-refractivity contribution is 7.15. The fourth-order valence-corrected chi connectivity index (χ4v) is 4.70. The maximum Gasteiger partial charge on any atom is 0.191 e. The Labute approximate surface area is 174 Å². The fraction of sp³-hybridized carbons (Fsp3) is 0.217. The Bertz CT molecular complexity index is 1160. The van der Waals surface area contributed by atoms with Crippen LogP contribution in [0.1, 0.15) is 33.5 Å². The molecule has 2 aromatic heterocycles. The summed E-state index contributed by atoms with van der Waals surface area (Å²) in [6.07, 6.45) is 0.814. The van der Waals surface area contributed by atoms with Crippen LogP contribution in [-0.2, 0) is 6.42 Å². The van der Waals surface area contributed by atoms with Gasteiger partial charge >= 0.3 is 0 Å². The van der Waals surface area contributed by atoms with Gasteiger partial charge in [0.15, 0.2) is 5.89 Å². The lowest BCUT2D eigenvalue weighted by atomic mass is 10.0. The van der Waals surface area contributed by atoms with Crippen LogP contribution in [0.2, 0.25) is 5.02 Å². The molecule has 0 radical (unpaired) electrons. The summed E-state index contributed by atoms with van der Waals surface area (Å²) in [5, 5.41) is 1.86. The van der Waals surface area contributed by atoms with Gasteiger partial charge in [-0.15, -0.1) is 11.3 Å². The first-order chi connectivity index (χ1) is 13.4. The van der Waals surface area contributed by atoms with Gasteiger partial charge in [0.1, 0.15) is 11.5 Å². The van der Waals surface area contributed by atoms with Crippen molar-refractivity contribution in [3.63, 3.8) is 0 Å². The van der Waals surface area contributed by atoms with Gasteiger partial charge in [-0.05, 0) is 55.7 Å². The maximum atomic E-state index is 6.15. The zero-order valence-corrected chi connectivity index (χ0v) is 17.9. The molecule has 3 nitrogen and oxygen atoms in total. The second kappa shape index (κ2) is 7.53. The van der Waals surface area contributed by atoms with Gasteiger partial charge in [-0.25, -0.2) is 9.97 Å². The summed E-state index contributed by atoms with van der Waals surface area (Å²) < 4.78 is 5.57. The molecule has 0 saturated carbocycles. The van der Waals surface area contributed by atoms with Crippen LogP contribution in [0.25, 0.3) is 21.7 Å². The lowest BCUT2D eigenvalue weighted by Crippen LogP contribution is -1.93. The van der Waals surface area contributed by atoms with Crippen molar-refractivity contribution in [2.75, 3.05) is 0 Å². The van der Waals surface area contributed by atoms with Gasteiger partial charge in [-0.2, -0.15) is 0 Å². The highest BCUT2D eigenvalue weighted by Gasteiger charge is 2.14. The number of aromatic nitrogens is 2. The smallest absolute Gasteiger partial charge is 0.191 e. The molecule has 0 aliphatic carbocycles. The minimum Gasteiger partial charge on any atom is -0.446 e. The number of halogens is 1. The van der Waals surface area contributed by atoms with E-state index in [0.29, 0.717) is 5.89 Å². The maximum absolute atomic E-state index is 6.15. The third-order valence-electron chi connectivity index (χ3n) is 4.79. The molecule has 0 aliphatic rings. The third-order valence-corrected chi connectivity index (χ3v) is 6.23. The molecule has 4 rings (SSSR count). The Morgan fingerprint density at radius 3 is 2.46 bits per heavy atom. The van der Waals surface area contributed by atoms with Gasteiger partial charge in [0.05, 0.1) is 15.6 Å². The molecule has 0 aliphatic heterocycles. The Balaban J connectivity index is 1.61. The zero-order valence-electron chi connectivity index (χ0n) is 16.3. The minimum absolute atomic E-state index is 0.695. The van der Waals surface area contributed by atoms with E-state index >= 15 is 0 Å². The summed E-state index contributed by atoms with van der Waals surface area (Å²) in [6.45, 7) is 8.02. The molecule has 0 amide bonds. The van der Waals surface area contributed by atoms with Crippen LogP contribution in [0.5, 0.6) is 0 Å². The summed E-state index contributed by atoms with van der Waals surface area (Å²) in [7, 11) is 0. The van der Waals surface area contributed by atoms with Crippen LogP contribution in [-0.4, -0.2) is 9.97 Å². The van der Waals surface area contributed by atoms with E-state index < -0.39 is 0 Å². The second-order valence-electron chi connectivity index (χ2n) is 6.99. The van der Waals surface area contributed by atoms with Gasteiger partial charge in [0.2, 0.25) is 0 Å². The molecule has 28 heavy (non-hydrogen) atoms. The van der Waals surface area contributed by atoms with Crippen LogP contribution in [0, 0.1) is 27.7 Å². The number of benzene rings is 2. The zero-order chi connectivity index (χ0) is 19.8. The van der Waals surface area contributed by atoms with E-state index in [1.807, 2.05) is 32.0 Å². The fourth-order valence-electron chi connectivity index (χ4n) is 3.43. The molecule has 0 N–H and O–H groups in total. The van der Waals surface area contributed by atoms with Crippen molar-refractivity contribution in [1.29, 1.82) is 0 Å². The Hall–Kier alpha value is -2.43. The van der Waals surface area contributed by atoms with Crippen LogP contribution < -0.4 is 0 Å². The normalized spacial score (nSPS) is 11.2. The Morgan fingerprint density at radius 1 is 0.964 bits per heavy atom. The van der Waals surface area contributed by atoms with E-state index in [2.05, 4.69) is 43.1 Å². The van der Waals surface area contributed by atoms with E-state index in [4.69, 9.17) is 21.0 Å². The number of rotatable bonds is 4. The first kappa shape index (κ1) is 18.9. The molecular weight excluding hydrogens is 388 g/mol. The highest BCUT2D eigenvalue weighted by atomic mass is 35.5. The molecule has 4 aromatic rings. The van der Waals surface area contributed by atoms with Gasteiger partial charge in [-0.1, -0.05) is 35.9 Å². The molecule has 2 aromatic carbocycles. The number of hydrogen-bond acceptors (Lipinski definition) is 4. The highest BCUT2D eigenvalue weighted by Crippen LogP contribution is 2.33. The van der Waals surface area contributed by atoms with Crippen molar-refractivity contribution in [2.45, 2.75) is 34.1 Å². The molecule has 0 bridgehead atoms. The number of oxazole rings is 1. The van der Waals surface area contributed by atoms with Gasteiger partial charge < -0.3 is 4.42 Å². The summed E-state index contributed by atoms with van der Waals surface area (Å²) in [4.78, 5) is 10.5. The minimum atomic E-state index is 0.695. The first-order valence-electron chi connectivity index (χ1n) is 9.17. The summed E-state index contributed by atoms with van der Waals surface area (Å²) in [5.41, 5.74) is 6.68. The number of aryl methyl sites for hydroxylation is 4. The van der Waals surface area contributed by atoms with Gasteiger partial charge in [0, 0.05) is 23.9 Å². The molecule has 0 saturated heterocycles. The third kappa shape index (κ3) is 3.75. The number of nitrogens with zero attached hydrogens (tertiary/aromatic N) is 2. The number of thiazole rings is 1. The molecule has 0 atom stereocenters. The molecule has 5 heteroatoms. The van der Waals surface area contributed by atoms with E-state index in [1.165, 1.54) is 16.0 Å². The first-order valence-corrected chi connectivity index (χ1v) is 10.4. The second-order valence-corrected chi connectivity index (χ2v) is 8.51. The van der Waals surface area contributed by atoms with Crippen LogP contribution in [0.4, 0.5) is 0 Å². The van der Waals surface area contributed by atoms with Crippen LogP contribution in [0.15, 0.2) is 46.9 Å². The van der Waals surface area contributed by atoms with Crippen LogP contribution in [0.3, 0.4) is 0 Å². The molecule has 2 heterocycles. The Morgan fingerprint density at radius 2 is 1.79 bits per heavy atom. The van der Waals surface area contributed by atoms with Crippen molar-refractivity contribution in [3.05, 3.63) is 81.0 Å². The lowest BCUT2D eigenvalue weighted by Gasteiger charge is -2.06. The van der Waals surface area contributed by atoms with Crippen molar-refractivity contribution in [1.82, 2.24) is 9.97 Å². The Kier molecular flexibility index (Phi) is 5.09. The quantitative estimate of drug-likeness (QED) is 0.367. The van der Waals surface area contributed by atoms with Crippen molar-refractivity contribution in [2.24, 2.45) is 0 Å². The molecular formula is C23H21ClN2OS. The van der Waals surface area contributed by atoms with Crippen LogP contribution >= 0.6 is 22.9 Å². The molecule has 0 spiro atoms. The largest absolute Gasteiger partial charge is 0.446 e. The van der Waals surface area contributed by atoms with E-state index in [9.17, 15) is 0 Å². The van der Waals surface area contributed by atoms with E-state index in [0.717, 1.165) is 44.7 Å². The average Bonchev–Trinajstić information content (AvgIpc) is 3.18. The summed E-state index contributed by atoms with van der Waals surface area (Å²) >= 11 is 7.89. The SMILES string of the molecule is Cc1nc(-c2ccc(Cc3nc(C)c(-c4cccc(Cl)c4)s3)c(C)c2)c(C)o1.